The molecular weight excluding hydrogens is 666 g/mol. The molecule has 0 spiro atoms. The van der Waals surface area contributed by atoms with Crippen LogP contribution in [0.2, 0.25) is 0 Å². The summed E-state index contributed by atoms with van der Waals surface area (Å²) in [5.74, 6) is -0.441. The molecule has 0 saturated carbocycles. The molecule has 1 saturated heterocycles. The van der Waals surface area contributed by atoms with Gasteiger partial charge in [-0.15, -0.1) is 10.2 Å². The highest BCUT2D eigenvalue weighted by atomic mass is 32.2. The Kier molecular flexibility index (Phi) is 10.3. The summed E-state index contributed by atoms with van der Waals surface area (Å²) in [4.78, 5) is 28.7. The first-order valence-electron chi connectivity index (χ1n) is 15.4. The Labute approximate surface area is 291 Å². The van der Waals surface area contributed by atoms with Gasteiger partial charge < -0.3 is 19.3 Å². The fourth-order valence-electron chi connectivity index (χ4n) is 5.39. The summed E-state index contributed by atoms with van der Waals surface area (Å²) in [5.41, 5.74) is 3.75. The number of benzene rings is 4. The molecule has 12 heteroatoms. The van der Waals surface area contributed by atoms with Gasteiger partial charge in [0.1, 0.15) is 23.9 Å². The third kappa shape index (κ3) is 7.45. The molecule has 6 rings (SSSR count). The minimum absolute atomic E-state index is 0.111. The smallest absolute Gasteiger partial charge is 0.301 e. The van der Waals surface area contributed by atoms with Crippen LogP contribution in [0.3, 0.4) is 0 Å². The lowest BCUT2D eigenvalue weighted by atomic mass is 9.95. The molecule has 1 N–H and O–H groups in total. The predicted molar refractivity (Wildman–Crippen MR) is 187 cm³/mol. The van der Waals surface area contributed by atoms with Gasteiger partial charge in [0.25, 0.3) is 5.78 Å². The third-order valence-electron chi connectivity index (χ3n) is 7.74. The Hall–Kier alpha value is -5.20. The van der Waals surface area contributed by atoms with Crippen molar-refractivity contribution >= 4 is 45.7 Å². The Morgan fingerprint density at radius 1 is 0.939 bits per heavy atom. The van der Waals surface area contributed by atoms with E-state index in [2.05, 4.69) is 10.2 Å². The molecule has 0 aliphatic carbocycles. The molecule has 1 atom stereocenters. The molecule has 0 radical (unpaired) electrons. The lowest BCUT2D eigenvalue weighted by molar-refractivity contribution is -0.132. The summed E-state index contributed by atoms with van der Waals surface area (Å²) in [6, 6.07) is 24.9. The number of aliphatic hydroxyl groups is 1. The molecule has 250 valence electrons. The number of methoxy groups -OCH3 is 1. The standard InChI is InChI=1S/C37H32FN3O6S2/c1-4-46-29-17-12-26(19-30(29)45-3)32-31(33(42)25-10-15-28(16-11-25)47-20-24-7-5-6-22(2)18-24)34(43)35(44)41(32)36-39-40-37(49-36)48-21-23-8-13-27(38)14-9-23/h5-19,32,42H,4,20-21H2,1-3H3/b33-31+. The van der Waals surface area contributed by atoms with Gasteiger partial charge in [-0.05, 0) is 79.1 Å². The van der Waals surface area contributed by atoms with E-state index >= 15 is 0 Å². The number of carbonyl (C=O) groups excluding carboxylic acids is 2. The van der Waals surface area contributed by atoms with Crippen LogP contribution in [0.4, 0.5) is 9.52 Å². The van der Waals surface area contributed by atoms with E-state index in [-0.39, 0.29) is 22.3 Å². The minimum atomic E-state index is -1.05. The van der Waals surface area contributed by atoms with Crippen LogP contribution in [0.25, 0.3) is 5.76 Å². The molecule has 5 aromatic rings. The number of ether oxygens (including phenoxy) is 3. The largest absolute Gasteiger partial charge is 0.507 e. The Balaban J connectivity index is 1.34. The zero-order chi connectivity index (χ0) is 34.5. The van der Waals surface area contributed by atoms with E-state index in [9.17, 15) is 19.1 Å². The molecule has 0 bridgehead atoms. The molecular formula is C37H32FN3O6S2. The number of carbonyl (C=O) groups is 2. The predicted octanol–water partition coefficient (Wildman–Crippen LogP) is 7.89. The molecule has 49 heavy (non-hydrogen) atoms. The van der Waals surface area contributed by atoms with Crippen molar-refractivity contribution in [1.82, 2.24) is 10.2 Å². The molecule has 1 unspecified atom stereocenters. The van der Waals surface area contributed by atoms with Gasteiger partial charge >= 0.3 is 5.91 Å². The summed E-state index contributed by atoms with van der Waals surface area (Å²) in [7, 11) is 1.50. The maximum absolute atomic E-state index is 13.7. The van der Waals surface area contributed by atoms with Crippen molar-refractivity contribution in [1.29, 1.82) is 0 Å². The van der Waals surface area contributed by atoms with Crippen LogP contribution in [0.5, 0.6) is 17.2 Å². The average Bonchev–Trinajstić information content (AvgIpc) is 3.68. The number of anilines is 1. The second kappa shape index (κ2) is 14.9. The van der Waals surface area contributed by atoms with Crippen LogP contribution in [0.1, 0.15) is 40.8 Å². The van der Waals surface area contributed by atoms with Crippen molar-refractivity contribution in [2.75, 3.05) is 18.6 Å². The summed E-state index contributed by atoms with van der Waals surface area (Å²) < 4.78 is 31.1. The molecule has 1 fully saturated rings. The third-order valence-corrected chi connectivity index (χ3v) is 9.87. The Morgan fingerprint density at radius 2 is 1.71 bits per heavy atom. The van der Waals surface area contributed by atoms with Crippen molar-refractivity contribution in [2.45, 2.75) is 36.6 Å². The minimum Gasteiger partial charge on any atom is -0.507 e. The number of thioether (sulfide) groups is 1. The number of nitrogens with zero attached hydrogens (tertiary/aromatic N) is 3. The average molecular weight is 698 g/mol. The van der Waals surface area contributed by atoms with Crippen molar-refractivity contribution in [2.24, 2.45) is 0 Å². The van der Waals surface area contributed by atoms with E-state index in [1.807, 2.05) is 38.1 Å². The van der Waals surface area contributed by atoms with Crippen LogP contribution >= 0.6 is 23.1 Å². The maximum atomic E-state index is 13.7. The fraction of sp³-hybridized carbons (Fsp3) is 0.189. The van der Waals surface area contributed by atoms with Crippen molar-refractivity contribution in [3.05, 3.63) is 130 Å². The number of Topliss-reactive ketones (excluding diaryl/α,β-unsaturated/α-hetero) is 1. The number of aryl methyl sites for hydroxylation is 1. The number of aromatic nitrogens is 2. The number of hydrogen-bond donors (Lipinski definition) is 1. The van der Waals surface area contributed by atoms with Crippen molar-refractivity contribution < 1.29 is 33.3 Å². The summed E-state index contributed by atoms with van der Waals surface area (Å²) in [6.07, 6.45) is 0. The van der Waals surface area contributed by atoms with E-state index in [0.717, 1.165) is 28.0 Å². The first-order chi connectivity index (χ1) is 23.7. The normalized spacial score (nSPS) is 15.4. The molecule has 1 aliphatic heterocycles. The zero-order valence-electron chi connectivity index (χ0n) is 26.9. The highest BCUT2D eigenvalue weighted by Gasteiger charge is 2.48. The number of rotatable bonds is 12. The molecule has 1 aromatic heterocycles. The van der Waals surface area contributed by atoms with Crippen LogP contribution in [-0.4, -0.2) is 40.7 Å². The van der Waals surface area contributed by atoms with Gasteiger partial charge in [-0.25, -0.2) is 4.39 Å². The highest BCUT2D eigenvalue weighted by molar-refractivity contribution is 8.00. The second-order valence-corrected chi connectivity index (χ2v) is 13.3. The van der Waals surface area contributed by atoms with Gasteiger partial charge in [0.15, 0.2) is 15.8 Å². The van der Waals surface area contributed by atoms with Gasteiger partial charge in [-0.1, -0.05) is 71.1 Å². The van der Waals surface area contributed by atoms with Gasteiger partial charge in [-0.3, -0.25) is 14.5 Å². The van der Waals surface area contributed by atoms with Gasteiger partial charge in [0, 0.05) is 11.3 Å². The van der Waals surface area contributed by atoms with E-state index in [4.69, 9.17) is 14.2 Å². The molecule has 1 amide bonds. The first-order valence-corrected chi connectivity index (χ1v) is 17.2. The molecule has 1 aliphatic rings. The van der Waals surface area contributed by atoms with Gasteiger partial charge in [0.2, 0.25) is 5.13 Å². The van der Waals surface area contributed by atoms with E-state index in [1.165, 1.54) is 35.9 Å². The Morgan fingerprint density at radius 3 is 2.43 bits per heavy atom. The van der Waals surface area contributed by atoms with Crippen LogP contribution in [0.15, 0.2) is 101 Å². The number of ketones is 1. The molecule has 2 heterocycles. The number of aliphatic hydroxyl groups excluding tert-OH is 1. The fourth-order valence-corrected chi connectivity index (χ4v) is 7.21. The first kappa shape index (κ1) is 33.7. The summed E-state index contributed by atoms with van der Waals surface area (Å²) in [6.45, 7) is 4.63. The van der Waals surface area contributed by atoms with Crippen molar-refractivity contribution in [3.8, 4) is 17.2 Å². The van der Waals surface area contributed by atoms with Crippen LogP contribution in [0, 0.1) is 12.7 Å². The number of hydrogen-bond acceptors (Lipinski definition) is 10. The summed E-state index contributed by atoms with van der Waals surface area (Å²) >= 11 is 2.51. The van der Waals surface area contributed by atoms with Gasteiger partial charge in [-0.2, -0.15) is 0 Å². The summed E-state index contributed by atoms with van der Waals surface area (Å²) in [5, 5.41) is 20.4. The van der Waals surface area contributed by atoms with E-state index in [1.54, 1.807) is 54.6 Å². The second-order valence-electron chi connectivity index (χ2n) is 11.1. The lowest BCUT2D eigenvalue weighted by Crippen LogP contribution is -2.29. The Bertz CT molecular complexity index is 2010. The lowest BCUT2D eigenvalue weighted by Gasteiger charge is -2.23. The number of halogens is 1. The zero-order valence-corrected chi connectivity index (χ0v) is 28.5. The monoisotopic (exact) mass is 697 g/mol. The van der Waals surface area contributed by atoms with Crippen LogP contribution < -0.4 is 19.1 Å². The molecule has 9 nitrogen and oxygen atoms in total. The van der Waals surface area contributed by atoms with E-state index in [0.29, 0.717) is 51.7 Å². The quantitative estimate of drug-likeness (QED) is 0.0458. The van der Waals surface area contributed by atoms with Gasteiger partial charge in [0.05, 0.1) is 25.3 Å². The SMILES string of the molecule is CCOc1ccc(C2/C(=C(\O)c3ccc(OCc4cccc(C)c4)cc3)C(=O)C(=O)N2c2nnc(SCc3ccc(F)cc3)s2)cc1OC. The van der Waals surface area contributed by atoms with Crippen molar-refractivity contribution in [3.63, 3.8) is 0 Å². The van der Waals surface area contributed by atoms with E-state index < -0.39 is 17.7 Å². The molecule has 4 aromatic carbocycles. The maximum Gasteiger partial charge on any atom is 0.301 e. The number of amides is 1. The highest BCUT2D eigenvalue weighted by Crippen LogP contribution is 2.45. The van der Waals surface area contributed by atoms with Crippen LogP contribution in [-0.2, 0) is 21.9 Å². The topological polar surface area (TPSA) is 111 Å².